The molecule has 0 aliphatic carbocycles. The van der Waals surface area contributed by atoms with Gasteiger partial charge in [-0.3, -0.25) is 13.9 Å². The number of fused-ring (bicyclic) bond motifs is 1. The smallest absolute Gasteiger partial charge is 0.330 e. The summed E-state index contributed by atoms with van der Waals surface area (Å²) < 4.78 is 17.5. The molecule has 0 saturated heterocycles. The maximum atomic E-state index is 13.4. The van der Waals surface area contributed by atoms with E-state index in [1.54, 1.807) is 48.1 Å². The molecule has 2 aromatic carbocycles. The first-order valence-corrected chi connectivity index (χ1v) is 8.25. The van der Waals surface area contributed by atoms with E-state index in [1.807, 2.05) is 0 Å². The highest BCUT2D eigenvalue weighted by molar-refractivity contribution is 5.95. The molecular formula is C20H16FN3O3. The van der Waals surface area contributed by atoms with Crippen LogP contribution in [0.4, 0.5) is 4.39 Å². The number of aromatic hydroxyl groups is 1. The molecule has 0 radical (unpaired) electrons. The molecule has 0 aliphatic rings. The number of phenols is 1. The average Bonchev–Trinajstić information content (AvgIpc) is 3.06. The van der Waals surface area contributed by atoms with E-state index >= 15 is 0 Å². The first-order chi connectivity index (χ1) is 12.9. The number of halogens is 1. The van der Waals surface area contributed by atoms with Crippen molar-refractivity contribution >= 4 is 10.9 Å². The van der Waals surface area contributed by atoms with Crippen LogP contribution in [0.2, 0.25) is 0 Å². The van der Waals surface area contributed by atoms with Crippen LogP contribution in [0.3, 0.4) is 0 Å². The minimum absolute atomic E-state index is 0.0167. The molecule has 0 amide bonds. The van der Waals surface area contributed by atoms with Gasteiger partial charge in [-0.1, -0.05) is 12.1 Å². The number of aromatic nitrogens is 3. The van der Waals surface area contributed by atoms with Crippen LogP contribution in [0.5, 0.6) is 5.75 Å². The van der Waals surface area contributed by atoms with Crippen LogP contribution in [-0.4, -0.2) is 18.8 Å². The molecule has 0 saturated carbocycles. The number of rotatable bonds is 2. The van der Waals surface area contributed by atoms with Crippen molar-refractivity contribution < 1.29 is 9.50 Å². The van der Waals surface area contributed by atoms with Gasteiger partial charge in [0.1, 0.15) is 11.6 Å². The topological polar surface area (TPSA) is 69.2 Å². The van der Waals surface area contributed by atoms with Gasteiger partial charge in [0.15, 0.2) is 0 Å². The van der Waals surface area contributed by atoms with E-state index in [1.165, 1.54) is 29.8 Å². The van der Waals surface area contributed by atoms with Gasteiger partial charge in [0.05, 0.1) is 22.3 Å². The van der Waals surface area contributed by atoms with Gasteiger partial charge in [0.25, 0.3) is 5.56 Å². The summed E-state index contributed by atoms with van der Waals surface area (Å²) in [5, 5.41) is 10.6. The van der Waals surface area contributed by atoms with Gasteiger partial charge in [0.2, 0.25) is 0 Å². The Morgan fingerprint density at radius 3 is 2.26 bits per heavy atom. The number of aryl methyl sites for hydroxylation is 1. The second-order valence-electron chi connectivity index (χ2n) is 6.31. The Morgan fingerprint density at radius 1 is 0.926 bits per heavy atom. The van der Waals surface area contributed by atoms with Crippen LogP contribution >= 0.6 is 0 Å². The summed E-state index contributed by atoms with van der Waals surface area (Å²) in [6, 6.07) is 12.4. The van der Waals surface area contributed by atoms with E-state index in [0.717, 1.165) is 4.57 Å². The lowest BCUT2D eigenvalue weighted by Gasteiger charge is -2.11. The van der Waals surface area contributed by atoms with Gasteiger partial charge in [-0.05, 0) is 42.0 Å². The van der Waals surface area contributed by atoms with Gasteiger partial charge in [-0.2, -0.15) is 0 Å². The second kappa shape index (κ2) is 5.98. The fraction of sp³-hybridized carbons (Fsp3) is 0.100. The fourth-order valence-electron chi connectivity index (χ4n) is 3.29. The molecule has 7 heteroatoms. The van der Waals surface area contributed by atoms with E-state index in [-0.39, 0.29) is 5.75 Å². The van der Waals surface area contributed by atoms with Crippen LogP contribution in [0, 0.1) is 5.82 Å². The number of nitrogens with zero attached hydrogens (tertiary/aromatic N) is 3. The van der Waals surface area contributed by atoms with Crippen molar-refractivity contribution in [1.82, 2.24) is 13.7 Å². The van der Waals surface area contributed by atoms with Crippen LogP contribution in [0.1, 0.15) is 0 Å². The number of para-hydroxylation sites is 2. The Morgan fingerprint density at radius 2 is 1.59 bits per heavy atom. The summed E-state index contributed by atoms with van der Waals surface area (Å²) in [5.74, 6) is -0.382. The highest BCUT2D eigenvalue weighted by Gasteiger charge is 2.21. The zero-order chi connectivity index (χ0) is 19.3. The minimum Gasteiger partial charge on any atom is -0.506 e. The normalized spacial score (nSPS) is 11.2. The Kier molecular flexibility index (Phi) is 3.73. The lowest BCUT2D eigenvalue weighted by molar-refractivity contribution is 0.472. The van der Waals surface area contributed by atoms with Crippen molar-refractivity contribution in [3.8, 4) is 22.7 Å². The van der Waals surface area contributed by atoms with E-state index in [2.05, 4.69) is 0 Å². The predicted octanol–water partition coefficient (Wildman–Crippen LogP) is 2.54. The maximum absolute atomic E-state index is 13.4. The van der Waals surface area contributed by atoms with Gasteiger partial charge in [0, 0.05) is 20.3 Å². The molecule has 0 bridgehead atoms. The summed E-state index contributed by atoms with van der Waals surface area (Å²) in [7, 11) is 2.99. The third-order valence-electron chi connectivity index (χ3n) is 4.70. The third kappa shape index (κ3) is 2.47. The Balaban J connectivity index is 2.23. The van der Waals surface area contributed by atoms with Crippen molar-refractivity contribution in [1.29, 1.82) is 0 Å². The second-order valence-corrected chi connectivity index (χ2v) is 6.31. The Hall–Kier alpha value is -3.61. The highest BCUT2D eigenvalue weighted by atomic mass is 19.1. The third-order valence-corrected chi connectivity index (χ3v) is 4.70. The van der Waals surface area contributed by atoms with Crippen molar-refractivity contribution in [3.63, 3.8) is 0 Å². The molecule has 0 spiro atoms. The molecule has 6 nitrogen and oxygen atoms in total. The molecule has 4 aromatic rings. The van der Waals surface area contributed by atoms with Crippen LogP contribution in [0.25, 0.3) is 27.8 Å². The summed E-state index contributed by atoms with van der Waals surface area (Å²) >= 11 is 0. The SMILES string of the molecule is Cn1c(=O)c2c(-c3ccc(F)cc3)n(-c3ccccc3O)cc2n(C)c1=O. The lowest BCUT2D eigenvalue weighted by atomic mass is 10.1. The molecule has 2 aromatic heterocycles. The number of phenolic OH excluding ortho intramolecular Hbond substituents is 1. The van der Waals surface area contributed by atoms with Crippen molar-refractivity contribution in [3.05, 3.63) is 81.4 Å². The van der Waals surface area contributed by atoms with Crippen molar-refractivity contribution in [2.45, 2.75) is 0 Å². The summed E-state index contributed by atoms with van der Waals surface area (Å²) in [5.41, 5.74) is 1.02. The molecule has 4 rings (SSSR count). The molecule has 0 fully saturated rings. The van der Waals surface area contributed by atoms with E-state index in [9.17, 15) is 19.1 Å². The van der Waals surface area contributed by atoms with E-state index in [0.29, 0.717) is 27.8 Å². The summed E-state index contributed by atoms with van der Waals surface area (Å²) in [6.45, 7) is 0. The Bertz CT molecular complexity index is 1300. The molecule has 1 N–H and O–H groups in total. The molecule has 0 atom stereocenters. The van der Waals surface area contributed by atoms with Crippen molar-refractivity contribution in [2.75, 3.05) is 0 Å². The highest BCUT2D eigenvalue weighted by Crippen LogP contribution is 2.33. The number of hydrogen-bond donors (Lipinski definition) is 1. The lowest BCUT2D eigenvalue weighted by Crippen LogP contribution is -2.36. The summed E-state index contributed by atoms with van der Waals surface area (Å²) in [4.78, 5) is 25.2. The van der Waals surface area contributed by atoms with Gasteiger partial charge in [-0.15, -0.1) is 0 Å². The predicted molar refractivity (Wildman–Crippen MR) is 101 cm³/mol. The number of hydrogen-bond acceptors (Lipinski definition) is 3. The van der Waals surface area contributed by atoms with Gasteiger partial charge >= 0.3 is 5.69 Å². The van der Waals surface area contributed by atoms with Crippen molar-refractivity contribution in [2.24, 2.45) is 14.1 Å². The first-order valence-electron chi connectivity index (χ1n) is 8.25. The van der Waals surface area contributed by atoms with Gasteiger partial charge < -0.3 is 9.67 Å². The Labute approximate surface area is 153 Å². The van der Waals surface area contributed by atoms with Crippen LogP contribution < -0.4 is 11.2 Å². The minimum atomic E-state index is -0.457. The quantitative estimate of drug-likeness (QED) is 0.594. The fourth-order valence-corrected chi connectivity index (χ4v) is 3.29. The maximum Gasteiger partial charge on any atom is 0.330 e. The molecule has 0 aliphatic heterocycles. The summed E-state index contributed by atoms with van der Waals surface area (Å²) in [6.07, 6.45) is 1.63. The van der Waals surface area contributed by atoms with E-state index in [4.69, 9.17) is 0 Å². The monoisotopic (exact) mass is 365 g/mol. The molecule has 0 unspecified atom stereocenters. The molecule has 2 heterocycles. The largest absolute Gasteiger partial charge is 0.506 e. The molecule has 27 heavy (non-hydrogen) atoms. The molecule has 136 valence electrons. The zero-order valence-electron chi connectivity index (χ0n) is 14.7. The average molecular weight is 365 g/mol. The number of benzene rings is 2. The van der Waals surface area contributed by atoms with E-state index < -0.39 is 17.1 Å². The zero-order valence-corrected chi connectivity index (χ0v) is 14.7. The standard InChI is InChI=1S/C20H16FN3O3/c1-22-15-11-24(14-5-3-4-6-16(14)25)18(12-7-9-13(21)10-8-12)17(15)19(26)23(2)20(22)27/h3-11,25H,1-2H3. The van der Waals surface area contributed by atoms with Crippen LogP contribution in [0.15, 0.2) is 64.3 Å². The van der Waals surface area contributed by atoms with Crippen LogP contribution in [-0.2, 0) is 14.1 Å². The molecular weight excluding hydrogens is 349 g/mol. The van der Waals surface area contributed by atoms with Gasteiger partial charge in [-0.25, -0.2) is 9.18 Å². The first kappa shape index (κ1) is 16.8.